The van der Waals surface area contributed by atoms with Gasteiger partial charge in [0.05, 0.1) is 5.75 Å². The molecule has 2 rings (SSSR count). The maximum absolute atomic E-state index is 11.1. The van der Waals surface area contributed by atoms with Gasteiger partial charge in [0, 0.05) is 19.2 Å². The first-order valence-electron chi connectivity index (χ1n) is 6.10. The predicted molar refractivity (Wildman–Crippen MR) is 74.7 cm³/mol. The van der Waals surface area contributed by atoms with E-state index in [0.717, 1.165) is 31.7 Å². The zero-order valence-corrected chi connectivity index (χ0v) is 12.3. The number of aryl methyl sites for hydroxylation is 1. The van der Waals surface area contributed by atoms with Crippen molar-refractivity contribution in [3.63, 3.8) is 0 Å². The number of halogens is 1. The summed E-state index contributed by atoms with van der Waals surface area (Å²) in [7, 11) is -3.38. The van der Waals surface area contributed by atoms with Crippen molar-refractivity contribution in [1.29, 1.82) is 0 Å². The molecule has 1 fully saturated rings. The first kappa shape index (κ1) is 14.5. The number of hydrogen-bond donors (Lipinski definition) is 1. The van der Waals surface area contributed by atoms with Crippen LogP contribution in [0, 0.1) is 12.8 Å². The first-order chi connectivity index (χ1) is 8.83. The molecule has 19 heavy (non-hydrogen) atoms. The number of rotatable bonds is 3. The highest BCUT2D eigenvalue weighted by Gasteiger charge is 2.23. The minimum Gasteiger partial charge on any atom is -0.356 e. The molecule has 0 aliphatic carbocycles. The van der Waals surface area contributed by atoms with E-state index in [4.69, 9.17) is 16.7 Å². The van der Waals surface area contributed by atoms with Crippen molar-refractivity contribution in [2.75, 3.05) is 23.7 Å². The van der Waals surface area contributed by atoms with Gasteiger partial charge in [0.2, 0.25) is 10.0 Å². The Labute approximate surface area is 118 Å². The Bertz CT molecular complexity index is 536. The van der Waals surface area contributed by atoms with Crippen LogP contribution in [0.2, 0.25) is 5.15 Å². The summed E-state index contributed by atoms with van der Waals surface area (Å²) in [5, 5.41) is 5.50. The van der Waals surface area contributed by atoms with Crippen LogP contribution in [-0.2, 0) is 10.0 Å². The van der Waals surface area contributed by atoms with E-state index < -0.39 is 10.0 Å². The standard InChI is InChI=1S/C11H17ClN4O2S/c1-8-14-10(12)6-11(15-8)16-4-2-9(3-5-16)7-19(13,17)18/h6,9H,2-5,7H2,1H3,(H2,13,17,18). The molecule has 1 saturated heterocycles. The minimum atomic E-state index is -3.38. The van der Waals surface area contributed by atoms with Crippen molar-refractivity contribution in [2.45, 2.75) is 19.8 Å². The molecule has 0 saturated carbocycles. The summed E-state index contributed by atoms with van der Waals surface area (Å²) in [5.41, 5.74) is 0. The van der Waals surface area contributed by atoms with Gasteiger partial charge in [-0.3, -0.25) is 0 Å². The smallest absolute Gasteiger partial charge is 0.209 e. The SMILES string of the molecule is Cc1nc(Cl)cc(N2CCC(CS(N)(=O)=O)CC2)n1. The van der Waals surface area contributed by atoms with E-state index in [-0.39, 0.29) is 11.7 Å². The Kier molecular flexibility index (Phi) is 4.27. The van der Waals surface area contributed by atoms with Crippen LogP contribution in [-0.4, -0.2) is 37.2 Å². The third-order valence-electron chi connectivity index (χ3n) is 3.20. The highest BCUT2D eigenvalue weighted by Crippen LogP contribution is 2.24. The molecule has 0 aromatic carbocycles. The topological polar surface area (TPSA) is 89.2 Å². The van der Waals surface area contributed by atoms with E-state index >= 15 is 0 Å². The van der Waals surface area contributed by atoms with Crippen LogP contribution < -0.4 is 10.0 Å². The van der Waals surface area contributed by atoms with Crippen molar-refractivity contribution >= 4 is 27.4 Å². The van der Waals surface area contributed by atoms with Crippen LogP contribution in [0.25, 0.3) is 0 Å². The molecule has 6 nitrogen and oxygen atoms in total. The summed E-state index contributed by atoms with van der Waals surface area (Å²) in [6, 6.07) is 1.73. The number of aromatic nitrogens is 2. The molecule has 1 aliphatic heterocycles. The number of sulfonamides is 1. The van der Waals surface area contributed by atoms with Crippen LogP contribution in [0.4, 0.5) is 5.82 Å². The summed E-state index contributed by atoms with van der Waals surface area (Å²) in [6.45, 7) is 3.31. The van der Waals surface area contributed by atoms with E-state index in [2.05, 4.69) is 14.9 Å². The number of piperidine rings is 1. The minimum absolute atomic E-state index is 0.0599. The lowest BCUT2D eigenvalue weighted by Gasteiger charge is -2.32. The van der Waals surface area contributed by atoms with Gasteiger partial charge in [-0.2, -0.15) is 0 Å². The van der Waals surface area contributed by atoms with Gasteiger partial charge in [-0.25, -0.2) is 23.5 Å². The van der Waals surface area contributed by atoms with Gasteiger partial charge in [-0.05, 0) is 25.7 Å². The molecule has 0 bridgehead atoms. The fraction of sp³-hybridized carbons (Fsp3) is 0.636. The van der Waals surface area contributed by atoms with Crippen molar-refractivity contribution < 1.29 is 8.42 Å². The summed E-state index contributed by atoms with van der Waals surface area (Å²) in [4.78, 5) is 10.5. The van der Waals surface area contributed by atoms with Crippen LogP contribution in [0.3, 0.4) is 0 Å². The quantitative estimate of drug-likeness (QED) is 0.840. The highest BCUT2D eigenvalue weighted by molar-refractivity contribution is 7.89. The maximum atomic E-state index is 11.1. The number of primary sulfonamides is 1. The van der Waals surface area contributed by atoms with E-state index in [1.165, 1.54) is 0 Å². The average Bonchev–Trinajstić information content (AvgIpc) is 2.26. The van der Waals surface area contributed by atoms with E-state index in [9.17, 15) is 8.42 Å². The van der Waals surface area contributed by atoms with Gasteiger partial charge < -0.3 is 4.90 Å². The fourth-order valence-electron chi connectivity index (χ4n) is 2.34. The Morgan fingerprint density at radius 2 is 2.05 bits per heavy atom. The molecule has 2 heterocycles. The van der Waals surface area contributed by atoms with Crippen LogP contribution in [0.1, 0.15) is 18.7 Å². The molecule has 0 spiro atoms. The molecule has 1 aromatic rings. The molecular formula is C11H17ClN4O2S. The second-order valence-electron chi connectivity index (χ2n) is 4.86. The Morgan fingerprint density at radius 1 is 1.42 bits per heavy atom. The van der Waals surface area contributed by atoms with Crippen molar-refractivity contribution in [3.05, 3.63) is 17.0 Å². The largest absolute Gasteiger partial charge is 0.356 e. The van der Waals surface area contributed by atoms with Gasteiger partial charge in [0.15, 0.2) is 0 Å². The predicted octanol–water partition coefficient (Wildman–Crippen LogP) is 0.943. The van der Waals surface area contributed by atoms with Crippen molar-refractivity contribution in [3.8, 4) is 0 Å². The summed E-state index contributed by atoms with van der Waals surface area (Å²) in [5.74, 6) is 1.62. The Hall–Kier alpha value is -0.920. The second-order valence-corrected chi connectivity index (χ2v) is 6.90. The number of hydrogen-bond acceptors (Lipinski definition) is 5. The lowest BCUT2D eigenvalue weighted by molar-refractivity contribution is 0.434. The third kappa shape index (κ3) is 4.29. The zero-order valence-electron chi connectivity index (χ0n) is 10.7. The third-order valence-corrected chi connectivity index (χ3v) is 4.33. The summed E-state index contributed by atoms with van der Waals surface area (Å²) >= 11 is 5.91. The molecule has 0 amide bonds. The Morgan fingerprint density at radius 3 is 2.58 bits per heavy atom. The molecule has 0 unspecified atom stereocenters. The molecule has 0 atom stereocenters. The number of anilines is 1. The first-order valence-corrected chi connectivity index (χ1v) is 8.19. The Balaban J connectivity index is 2.00. The molecular weight excluding hydrogens is 288 g/mol. The summed E-state index contributed by atoms with van der Waals surface area (Å²) in [6.07, 6.45) is 1.58. The highest BCUT2D eigenvalue weighted by atomic mass is 35.5. The van der Waals surface area contributed by atoms with Crippen molar-refractivity contribution in [1.82, 2.24) is 9.97 Å². The lowest BCUT2D eigenvalue weighted by Crippen LogP contribution is -2.37. The van der Waals surface area contributed by atoms with Crippen LogP contribution in [0.15, 0.2) is 6.07 Å². The number of nitrogens with zero attached hydrogens (tertiary/aromatic N) is 3. The molecule has 2 N–H and O–H groups in total. The average molecular weight is 305 g/mol. The molecule has 0 radical (unpaired) electrons. The van der Waals surface area contributed by atoms with Gasteiger partial charge in [0.25, 0.3) is 0 Å². The maximum Gasteiger partial charge on any atom is 0.209 e. The van der Waals surface area contributed by atoms with Crippen molar-refractivity contribution in [2.24, 2.45) is 11.1 Å². The molecule has 1 aliphatic rings. The van der Waals surface area contributed by atoms with Gasteiger partial charge >= 0.3 is 0 Å². The summed E-state index contributed by atoms with van der Waals surface area (Å²) < 4.78 is 22.1. The van der Waals surface area contributed by atoms with E-state index in [1.807, 2.05) is 0 Å². The van der Waals surface area contributed by atoms with E-state index in [0.29, 0.717) is 11.0 Å². The monoisotopic (exact) mass is 304 g/mol. The lowest BCUT2D eigenvalue weighted by atomic mass is 9.99. The molecule has 8 heteroatoms. The van der Waals surface area contributed by atoms with E-state index in [1.54, 1.807) is 13.0 Å². The normalized spacial score (nSPS) is 17.7. The van der Waals surface area contributed by atoms with Gasteiger partial charge in [0.1, 0.15) is 16.8 Å². The molecule has 1 aromatic heterocycles. The molecule has 106 valence electrons. The van der Waals surface area contributed by atoms with Crippen LogP contribution in [0.5, 0.6) is 0 Å². The zero-order chi connectivity index (χ0) is 14.0. The number of nitrogens with two attached hydrogens (primary N) is 1. The van der Waals surface area contributed by atoms with Crippen LogP contribution >= 0.6 is 11.6 Å². The second kappa shape index (κ2) is 5.60. The van der Waals surface area contributed by atoms with Gasteiger partial charge in [-0.15, -0.1) is 0 Å². The fourth-order valence-corrected chi connectivity index (χ4v) is 3.55. The van der Waals surface area contributed by atoms with Gasteiger partial charge in [-0.1, -0.05) is 11.6 Å².